The highest BCUT2D eigenvalue weighted by Gasteiger charge is 2.27. The van der Waals surface area contributed by atoms with Gasteiger partial charge in [0.1, 0.15) is 16.1 Å². The molecule has 0 fully saturated rings. The summed E-state index contributed by atoms with van der Waals surface area (Å²) in [5, 5.41) is 13.3. The van der Waals surface area contributed by atoms with Gasteiger partial charge < -0.3 is 10.1 Å². The van der Waals surface area contributed by atoms with E-state index in [1.165, 1.54) is 30.2 Å². The number of nitrogens with zero attached hydrogens (tertiary/aromatic N) is 2. The third-order valence-corrected chi connectivity index (χ3v) is 6.76. The number of methoxy groups -OCH3 is 1. The first-order valence-corrected chi connectivity index (χ1v) is 10.8. The van der Waals surface area contributed by atoms with Crippen molar-refractivity contribution < 1.29 is 14.3 Å². The minimum atomic E-state index is -0.412. The van der Waals surface area contributed by atoms with E-state index in [4.69, 9.17) is 4.74 Å². The van der Waals surface area contributed by atoms with Gasteiger partial charge in [0.2, 0.25) is 5.91 Å². The van der Waals surface area contributed by atoms with Crippen molar-refractivity contribution in [3.8, 4) is 6.07 Å². The van der Waals surface area contributed by atoms with Gasteiger partial charge in [-0.05, 0) is 56.7 Å². The number of hydrogen-bond acceptors (Lipinski definition) is 7. The highest BCUT2D eigenvalue weighted by Crippen LogP contribution is 2.38. The SMILES string of the molecule is COC(=O)c1c(NC(=O)CSc2nc(C)cc(C)c2C#N)sc2c1CCCC2. The molecule has 0 aliphatic heterocycles. The molecule has 6 nitrogen and oxygen atoms in total. The van der Waals surface area contributed by atoms with E-state index in [0.717, 1.165) is 47.4 Å². The van der Waals surface area contributed by atoms with Crippen LogP contribution in [0.1, 0.15) is 50.5 Å². The molecular weight excluding hydrogens is 394 g/mol. The molecular formula is C20H21N3O3S2. The summed E-state index contributed by atoms with van der Waals surface area (Å²) in [4.78, 5) is 30.3. The number of rotatable bonds is 5. The summed E-state index contributed by atoms with van der Waals surface area (Å²) in [5.74, 6) is -0.544. The van der Waals surface area contributed by atoms with Gasteiger partial charge in [0.15, 0.2) is 0 Å². The van der Waals surface area contributed by atoms with Crippen LogP contribution < -0.4 is 5.32 Å². The maximum Gasteiger partial charge on any atom is 0.341 e. The van der Waals surface area contributed by atoms with Crippen LogP contribution in [0.2, 0.25) is 0 Å². The summed E-state index contributed by atoms with van der Waals surface area (Å²) < 4.78 is 4.93. The van der Waals surface area contributed by atoms with Crippen molar-refractivity contribution >= 4 is 40.0 Å². The number of fused-ring (bicyclic) bond motifs is 1. The first-order chi connectivity index (χ1) is 13.4. The Balaban J connectivity index is 1.77. The fourth-order valence-electron chi connectivity index (χ4n) is 3.31. The number of carbonyl (C=O) groups is 2. The van der Waals surface area contributed by atoms with Crippen LogP contribution in [0.25, 0.3) is 0 Å². The average Bonchev–Trinajstić information content (AvgIpc) is 3.03. The fourth-order valence-corrected chi connectivity index (χ4v) is 5.50. The van der Waals surface area contributed by atoms with Gasteiger partial charge in [-0.15, -0.1) is 11.3 Å². The zero-order valence-electron chi connectivity index (χ0n) is 16.0. The normalized spacial score (nSPS) is 12.8. The van der Waals surface area contributed by atoms with Crippen molar-refractivity contribution in [2.75, 3.05) is 18.2 Å². The van der Waals surface area contributed by atoms with Crippen LogP contribution >= 0.6 is 23.1 Å². The van der Waals surface area contributed by atoms with Gasteiger partial charge in [-0.1, -0.05) is 11.8 Å². The number of ether oxygens (including phenoxy) is 1. The van der Waals surface area contributed by atoms with Gasteiger partial charge in [-0.3, -0.25) is 4.79 Å². The van der Waals surface area contributed by atoms with Crippen LogP contribution in [0, 0.1) is 25.2 Å². The number of nitriles is 1. The molecule has 0 atom stereocenters. The number of thioether (sulfide) groups is 1. The van der Waals surface area contributed by atoms with E-state index in [0.29, 0.717) is 21.2 Å². The lowest BCUT2D eigenvalue weighted by molar-refractivity contribution is -0.113. The molecule has 1 aliphatic rings. The number of thiophene rings is 1. The van der Waals surface area contributed by atoms with Crippen molar-refractivity contribution in [1.29, 1.82) is 5.26 Å². The molecule has 8 heteroatoms. The Bertz CT molecular complexity index is 976. The number of amides is 1. The van der Waals surface area contributed by atoms with Crippen LogP contribution in [0.15, 0.2) is 11.1 Å². The minimum absolute atomic E-state index is 0.105. The zero-order valence-corrected chi connectivity index (χ0v) is 17.7. The Hall–Kier alpha value is -2.37. The van der Waals surface area contributed by atoms with Crippen molar-refractivity contribution in [3.63, 3.8) is 0 Å². The molecule has 0 radical (unpaired) electrons. The molecule has 146 valence electrons. The second-order valence-corrected chi connectivity index (χ2v) is 8.69. The molecule has 1 aliphatic carbocycles. The third-order valence-electron chi connectivity index (χ3n) is 4.58. The van der Waals surface area contributed by atoms with Crippen LogP contribution in [0.5, 0.6) is 0 Å². The number of aryl methyl sites for hydroxylation is 3. The first-order valence-electron chi connectivity index (χ1n) is 8.98. The van der Waals surface area contributed by atoms with Gasteiger partial charge in [0.05, 0.1) is 24.0 Å². The molecule has 0 aromatic carbocycles. The lowest BCUT2D eigenvalue weighted by Crippen LogP contribution is -2.16. The predicted octanol–water partition coefficient (Wildman–Crippen LogP) is 4.03. The van der Waals surface area contributed by atoms with E-state index in [9.17, 15) is 14.9 Å². The third kappa shape index (κ3) is 4.21. The number of carbonyl (C=O) groups excluding carboxylic acids is 2. The molecule has 1 amide bonds. The van der Waals surface area contributed by atoms with Gasteiger partial charge in [-0.2, -0.15) is 5.26 Å². The van der Waals surface area contributed by atoms with Crippen molar-refractivity contribution in [3.05, 3.63) is 38.9 Å². The van der Waals surface area contributed by atoms with E-state index in [-0.39, 0.29) is 11.7 Å². The number of esters is 1. The van der Waals surface area contributed by atoms with E-state index in [1.54, 1.807) is 0 Å². The number of nitrogens with one attached hydrogen (secondary N) is 1. The second-order valence-electron chi connectivity index (χ2n) is 6.62. The quantitative estimate of drug-likeness (QED) is 0.586. The standard InChI is InChI=1S/C20H21N3O3S2/c1-11-8-12(2)22-18(14(11)9-21)27-10-16(24)23-19-17(20(25)26-3)13-6-4-5-7-15(13)28-19/h8H,4-7,10H2,1-3H3,(H,23,24). The molecule has 28 heavy (non-hydrogen) atoms. The second kappa shape index (κ2) is 8.76. The van der Waals surface area contributed by atoms with Crippen molar-refractivity contribution in [2.24, 2.45) is 0 Å². The Kier molecular flexibility index (Phi) is 6.37. The first kappa shape index (κ1) is 20.4. The Morgan fingerprint density at radius 3 is 2.82 bits per heavy atom. The van der Waals surface area contributed by atoms with E-state index in [1.807, 2.05) is 19.9 Å². The minimum Gasteiger partial charge on any atom is -0.465 e. The lowest BCUT2D eigenvalue weighted by atomic mass is 9.95. The number of aromatic nitrogens is 1. The summed E-state index contributed by atoms with van der Waals surface area (Å²) in [6.45, 7) is 3.72. The molecule has 3 rings (SSSR count). The number of pyridine rings is 1. The van der Waals surface area contributed by atoms with Crippen molar-refractivity contribution in [2.45, 2.75) is 44.6 Å². The zero-order chi connectivity index (χ0) is 20.3. The van der Waals surface area contributed by atoms with E-state index >= 15 is 0 Å². The summed E-state index contributed by atoms with van der Waals surface area (Å²) in [5.41, 5.74) is 3.64. The molecule has 0 unspecified atom stereocenters. The molecule has 0 saturated carbocycles. The summed E-state index contributed by atoms with van der Waals surface area (Å²) in [6.07, 6.45) is 3.88. The lowest BCUT2D eigenvalue weighted by Gasteiger charge is -2.11. The summed E-state index contributed by atoms with van der Waals surface area (Å²) in [7, 11) is 1.35. The molecule has 2 aromatic rings. The largest absolute Gasteiger partial charge is 0.465 e. The van der Waals surface area contributed by atoms with Crippen LogP contribution in [0.4, 0.5) is 5.00 Å². The van der Waals surface area contributed by atoms with Crippen molar-refractivity contribution in [1.82, 2.24) is 4.98 Å². The smallest absolute Gasteiger partial charge is 0.341 e. The number of anilines is 1. The van der Waals surface area contributed by atoms with Gasteiger partial charge in [0.25, 0.3) is 0 Å². The van der Waals surface area contributed by atoms with Gasteiger partial charge in [0, 0.05) is 10.6 Å². The van der Waals surface area contributed by atoms with Crippen LogP contribution in [-0.2, 0) is 22.4 Å². The summed E-state index contributed by atoms with van der Waals surface area (Å²) in [6, 6.07) is 4.00. The van der Waals surface area contributed by atoms with E-state index in [2.05, 4.69) is 16.4 Å². The monoisotopic (exact) mass is 415 g/mol. The summed E-state index contributed by atoms with van der Waals surface area (Å²) >= 11 is 2.68. The van der Waals surface area contributed by atoms with Gasteiger partial charge in [-0.25, -0.2) is 9.78 Å². The Morgan fingerprint density at radius 2 is 2.11 bits per heavy atom. The Labute approximate surface area is 172 Å². The molecule has 1 N–H and O–H groups in total. The average molecular weight is 416 g/mol. The fraction of sp³-hybridized carbons (Fsp3) is 0.400. The predicted molar refractivity (Wildman–Crippen MR) is 110 cm³/mol. The molecule has 0 bridgehead atoms. The number of hydrogen-bond donors (Lipinski definition) is 1. The highest BCUT2D eigenvalue weighted by molar-refractivity contribution is 8.00. The molecule has 0 saturated heterocycles. The van der Waals surface area contributed by atoms with Crippen LogP contribution in [0.3, 0.4) is 0 Å². The Morgan fingerprint density at radius 1 is 1.36 bits per heavy atom. The molecule has 0 spiro atoms. The van der Waals surface area contributed by atoms with Crippen LogP contribution in [-0.4, -0.2) is 29.7 Å². The topological polar surface area (TPSA) is 92.1 Å². The highest BCUT2D eigenvalue weighted by atomic mass is 32.2. The van der Waals surface area contributed by atoms with E-state index < -0.39 is 5.97 Å². The molecule has 2 aromatic heterocycles. The maximum atomic E-state index is 12.5. The van der Waals surface area contributed by atoms with Gasteiger partial charge >= 0.3 is 5.97 Å². The maximum absolute atomic E-state index is 12.5. The molecule has 2 heterocycles.